The molecule has 7 heteroatoms. The molecule has 2 amide bonds. The first-order valence-corrected chi connectivity index (χ1v) is 14.0. The third kappa shape index (κ3) is 8.12. The summed E-state index contributed by atoms with van der Waals surface area (Å²) in [5.74, 6) is -0.105. The van der Waals surface area contributed by atoms with Gasteiger partial charge in [0.2, 0.25) is 0 Å². The number of rotatable bonds is 4. The number of likely N-dealkylation sites (tertiary alicyclic amines) is 1. The minimum Gasteiger partial charge on any atom is -0.450 e. The molecule has 0 bridgehead atoms. The Kier molecular flexibility index (Phi) is 12.5. The zero-order valence-electron chi connectivity index (χ0n) is 22.6. The minimum absolute atomic E-state index is 0.0471. The highest BCUT2D eigenvalue weighted by atomic mass is 32.2. The van der Waals surface area contributed by atoms with Crippen molar-refractivity contribution in [2.75, 3.05) is 19.7 Å². The van der Waals surface area contributed by atoms with E-state index in [9.17, 15) is 9.59 Å². The van der Waals surface area contributed by atoms with Crippen molar-refractivity contribution in [2.45, 2.75) is 83.1 Å². The summed E-state index contributed by atoms with van der Waals surface area (Å²) >= 11 is 1.67. The lowest BCUT2D eigenvalue weighted by Gasteiger charge is -2.31. The number of benzene rings is 2. The molecular weight excluding hydrogens is 470 g/mol. The van der Waals surface area contributed by atoms with Crippen LogP contribution < -0.4 is 5.32 Å². The Labute approximate surface area is 220 Å². The number of unbranched alkanes of at least 4 members (excludes halogenated alkanes) is 1. The Hall–Kier alpha value is -2.80. The van der Waals surface area contributed by atoms with Crippen LogP contribution in [-0.2, 0) is 4.74 Å². The molecule has 2 aromatic rings. The van der Waals surface area contributed by atoms with Crippen molar-refractivity contribution in [3.8, 4) is 0 Å². The van der Waals surface area contributed by atoms with Crippen LogP contribution in [0.4, 0.5) is 10.5 Å². The first-order chi connectivity index (χ1) is 17.5. The molecule has 196 valence electrons. The van der Waals surface area contributed by atoms with E-state index in [4.69, 9.17) is 9.73 Å². The molecule has 1 saturated heterocycles. The van der Waals surface area contributed by atoms with E-state index in [0.717, 1.165) is 34.7 Å². The first kappa shape index (κ1) is 29.4. The van der Waals surface area contributed by atoms with Gasteiger partial charge < -0.3 is 15.0 Å². The molecule has 2 aliphatic heterocycles. The first-order valence-electron chi connectivity index (χ1n) is 13.2. The lowest BCUT2D eigenvalue weighted by Crippen LogP contribution is -2.46. The molecule has 36 heavy (non-hydrogen) atoms. The molecule has 1 N–H and O–H groups in total. The maximum atomic E-state index is 12.8. The van der Waals surface area contributed by atoms with Crippen LogP contribution in [0.2, 0.25) is 0 Å². The van der Waals surface area contributed by atoms with Crippen LogP contribution in [0.25, 0.3) is 0 Å². The number of carbonyl (C=O) groups is 2. The van der Waals surface area contributed by atoms with Gasteiger partial charge in [0, 0.05) is 45.8 Å². The SMILES string of the molecule is CC.CCCC.CCOC(=O)N1CCC(NC(=O)c2ccc3c(c2)N=C(C)c2ccccc2S3)CC1. The van der Waals surface area contributed by atoms with E-state index < -0.39 is 0 Å². The quantitative estimate of drug-likeness (QED) is 0.462. The van der Waals surface area contributed by atoms with Gasteiger partial charge in [-0.05, 0) is 51.0 Å². The van der Waals surface area contributed by atoms with Gasteiger partial charge in [0.1, 0.15) is 0 Å². The van der Waals surface area contributed by atoms with Crippen LogP contribution in [0.1, 0.15) is 83.1 Å². The van der Waals surface area contributed by atoms with Gasteiger partial charge in [0.05, 0.1) is 12.3 Å². The molecule has 4 rings (SSSR count). The van der Waals surface area contributed by atoms with Crippen molar-refractivity contribution in [3.05, 3.63) is 53.6 Å². The largest absolute Gasteiger partial charge is 0.450 e. The van der Waals surface area contributed by atoms with E-state index in [-0.39, 0.29) is 18.0 Å². The number of nitrogens with zero attached hydrogens (tertiary/aromatic N) is 2. The van der Waals surface area contributed by atoms with Crippen LogP contribution in [0, 0.1) is 0 Å². The average Bonchev–Trinajstić information content (AvgIpc) is 3.05. The van der Waals surface area contributed by atoms with Crippen molar-refractivity contribution >= 4 is 35.2 Å². The summed E-state index contributed by atoms with van der Waals surface area (Å²) < 4.78 is 5.05. The molecular formula is C29H41N3O3S. The Morgan fingerprint density at radius 2 is 1.69 bits per heavy atom. The maximum Gasteiger partial charge on any atom is 0.409 e. The number of hydrogen-bond donors (Lipinski definition) is 1. The molecule has 0 saturated carbocycles. The summed E-state index contributed by atoms with van der Waals surface area (Å²) in [5.41, 5.74) is 3.49. The fourth-order valence-corrected chi connectivity index (χ4v) is 4.79. The molecule has 2 heterocycles. The average molecular weight is 512 g/mol. The molecule has 1 fully saturated rings. The van der Waals surface area contributed by atoms with Gasteiger partial charge in [-0.15, -0.1) is 0 Å². The summed E-state index contributed by atoms with van der Waals surface area (Å²) in [6.07, 6.45) is 3.80. The molecule has 0 aliphatic carbocycles. The number of nitrogens with one attached hydrogen (secondary N) is 1. The van der Waals surface area contributed by atoms with Crippen LogP contribution in [-0.4, -0.2) is 48.4 Å². The van der Waals surface area contributed by atoms with Gasteiger partial charge >= 0.3 is 6.09 Å². The Morgan fingerprint density at radius 1 is 1.03 bits per heavy atom. The Morgan fingerprint density at radius 3 is 2.33 bits per heavy atom. The van der Waals surface area contributed by atoms with Gasteiger partial charge in [-0.3, -0.25) is 9.79 Å². The standard InChI is InChI=1S/C23H25N3O3S.C4H10.C2H6/c1-3-29-23(28)26-12-10-17(11-13-26)25-22(27)16-8-9-21-19(14-16)24-15(2)18-6-4-5-7-20(18)30-21;1-3-4-2;1-2/h4-9,14,17H,3,10-13H2,1-2H3,(H,25,27);3-4H2,1-2H3;1-2H3. The summed E-state index contributed by atoms with van der Waals surface area (Å²) in [5, 5.41) is 3.10. The number of fused-ring (bicyclic) bond motifs is 2. The third-order valence-corrected chi connectivity index (χ3v) is 7.00. The molecule has 0 radical (unpaired) electrons. The number of hydrogen-bond acceptors (Lipinski definition) is 5. The van der Waals surface area contributed by atoms with Crippen molar-refractivity contribution in [2.24, 2.45) is 4.99 Å². The number of piperidine rings is 1. The Balaban J connectivity index is 0.000000694. The van der Waals surface area contributed by atoms with Crippen LogP contribution in [0.5, 0.6) is 0 Å². The highest BCUT2D eigenvalue weighted by Gasteiger charge is 2.25. The zero-order chi connectivity index (χ0) is 26.5. The van der Waals surface area contributed by atoms with Crippen molar-refractivity contribution in [1.82, 2.24) is 10.2 Å². The van der Waals surface area contributed by atoms with E-state index in [1.54, 1.807) is 23.6 Å². The lowest BCUT2D eigenvalue weighted by molar-refractivity contribution is 0.0860. The summed E-state index contributed by atoms with van der Waals surface area (Å²) in [7, 11) is 0. The van der Waals surface area contributed by atoms with Gasteiger partial charge in [-0.25, -0.2) is 4.79 Å². The van der Waals surface area contributed by atoms with Gasteiger partial charge in [-0.1, -0.05) is 70.5 Å². The van der Waals surface area contributed by atoms with Crippen molar-refractivity contribution < 1.29 is 14.3 Å². The highest BCUT2D eigenvalue weighted by Crippen LogP contribution is 2.40. The van der Waals surface area contributed by atoms with Crippen LogP contribution in [0.3, 0.4) is 0 Å². The second-order valence-electron chi connectivity index (χ2n) is 8.41. The second kappa shape index (κ2) is 15.3. The van der Waals surface area contributed by atoms with E-state index >= 15 is 0 Å². The number of ether oxygens (including phenoxy) is 1. The van der Waals surface area contributed by atoms with E-state index in [2.05, 4.69) is 31.3 Å². The van der Waals surface area contributed by atoms with Crippen LogP contribution in [0.15, 0.2) is 57.2 Å². The molecule has 2 aliphatic rings. The smallest absolute Gasteiger partial charge is 0.409 e. The highest BCUT2D eigenvalue weighted by molar-refractivity contribution is 7.99. The zero-order valence-corrected chi connectivity index (χ0v) is 23.4. The maximum absolute atomic E-state index is 12.8. The fourth-order valence-electron chi connectivity index (χ4n) is 3.74. The molecule has 0 unspecified atom stereocenters. The van der Waals surface area contributed by atoms with Gasteiger partial charge in [-0.2, -0.15) is 0 Å². The van der Waals surface area contributed by atoms with E-state index in [0.29, 0.717) is 25.3 Å². The topological polar surface area (TPSA) is 71.0 Å². The number of carbonyl (C=O) groups excluding carboxylic acids is 2. The monoisotopic (exact) mass is 511 g/mol. The number of amides is 2. The predicted octanol–water partition coefficient (Wildman–Crippen LogP) is 7.48. The fraction of sp³-hybridized carbons (Fsp3) is 0.483. The predicted molar refractivity (Wildman–Crippen MR) is 150 cm³/mol. The second-order valence-corrected chi connectivity index (χ2v) is 9.50. The van der Waals surface area contributed by atoms with Gasteiger partial charge in [0.25, 0.3) is 5.91 Å². The minimum atomic E-state index is -0.278. The summed E-state index contributed by atoms with van der Waals surface area (Å²) in [4.78, 5) is 33.3. The van der Waals surface area contributed by atoms with Crippen molar-refractivity contribution in [1.29, 1.82) is 0 Å². The number of aliphatic imine (C=N–C) groups is 1. The summed E-state index contributed by atoms with van der Waals surface area (Å²) in [6.45, 7) is 13.7. The van der Waals surface area contributed by atoms with Gasteiger partial charge in [0.15, 0.2) is 0 Å². The van der Waals surface area contributed by atoms with E-state index in [1.165, 1.54) is 17.7 Å². The Bertz CT molecular complexity index is 1030. The third-order valence-electron chi connectivity index (χ3n) is 5.86. The molecule has 0 aromatic heterocycles. The van der Waals surface area contributed by atoms with Crippen molar-refractivity contribution in [3.63, 3.8) is 0 Å². The molecule has 2 aromatic carbocycles. The van der Waals surface area contributed by atoms with E-state index in [1.807, 2.05) is 51.1 Å². The van der Waals surface area contributed by atoms with Crippen LogP contribution >= 0.6 is 11.8 Å². The lowest BCUT2D eigenvalue weighted by atomic mass is 10.0. The molecule has 6 nitrogen and oxygen atoms in total. The normalized spacial score (nSPS) is 14.4. The molecule has 0 spiro atoms. The summed E-state index contributed by atoms with van der Waals surface area (Å²) in [6, 6.07) is 13.9. The molecule has 0 atom stereocenters.